The van der Waals surface area contributed by atoms with Crippen molar-refractivity contribution < 1.29 is 19.1 Å². The summed E-state index contributed by atoms with van der Waals surface area (Å²) in [5.41, 5.74) is 0.966. The first-order chi connectivity index (χ1) is 11.5. The lowest BCUT2D eigenvalue weighted by Gasteiger charge is -2.09. The van der Waals surface area contributed by atoms with Crippen LogP contribution in [0.2, 0.25) is 5.02 Å². The summed E-state index contributed by atoms with van der Waals surface area (Å²) >= 11 is 9.09. The quantitative estimate of drug-likeness (QED) is 0.709. The van der Waals surface area contributed by atoms with Gasteiger partial charge < -0.3 is 14.8 Å². The monoisotopic (exact) mass is 411 g/mol. The first-order valence-corrected chi connectivity index (χ1v) is 8.26. The average Bonchev–Trinajstić information content (AvgIpc) is 2.58. The smallest absolute Gasteiger partial charge is 0.344 e. The molecule has 1 N–H and O–H groups in total. The number of carbonyl (C=O) groups is 2. The molecule has 2 aromatic carbocycles. The van der Waals surface area contributed by atoms with E-state index < -0.39 is 5.97 Å². The number of benzene rings is 2. The van der Waals surface area contributed by atoms with Crippen molar-refractivity contribution in [2.24, 2.45) is 0 Å². The molecule has 0 atom stereocenters. The predicted octanol–water partition coefficient (Wildman–Crippen LogP) is 3.34. The second-order valence-electron chi connectivity index (χ2n) is 4.79. The normalized spacial score (nSPS) is 10.1. The zero-order chi connectivity index (χ0) is 17.4. The van der Waals surface area contributed by atoms with E-state index in [1.54, 1.807) is 18.2 Å². The second kappa shape index (κ2) is 9.30. The molecule has 0 aliphatic carbocycles. The van der Waals surface area contributed by atoms with Crippen LogP contribution in [0, 0.1) is 0 Å². The van der Waals surface area contributed by atoms with Crippen LogP contribution in [0.5, 0.6) is 5.75 Å². The number of nitrogens with one attached hydrogen (secondary N) is 1. The molecule has 2 aromatic rings. The summed E-state index contributed by atoms with van der Waals surface area (Å²) in [7, 11) is 0. The minimum atomic E-state index is -0.633. The Morgan fingerprint density at radius 3 is 2.54 bits per heavy atom. The molecule has 0 aliphatic rings. The predicted molar refractivity (Wildman–Crippen MR) is 93.9 cm³/mol. The molecule has 0 aromatic heterocycles. The van der Waals surface area contributed by atoms with Crippen molar-refractivity contribution in [3.63, 3.8) is 0 Å². The van der Waals surface area contributed by atoms with Gasteiger partial charge in [0.15, 0.2) is 13.2 Å². The molecule has 0 saturated heterocycles. The molecule has 1 amide bonds. The van der Waals surface area contributed by atoms with Crippen molar-refractivity contribution >= 4 is 39.4 Å². The summed E-state index contributed by atoms with van der Waals surface area (Å²) in [6.07, 6.45) is 0. The SMILES string of the molecule is O=C(COC(=O)COc1ccc(Cl)cc1Br)NCc1ccccc1. The second-order valence-corrected chi connectivity index (χ2v) is 6.08. The third-order valence-corrected chi connectivity index (χ3v) is 3.79. The highest BCUT2D eigenvalue weighted by Crippen LogP contribution is 2.27. The number of carbonyl (C=O) groups excluding carboxylic acids is 2. The van der Waals surface area contributed by atoms with Crippen LogP contribution in [0.25, 0.3) is 0 Å². The molecule has 0 aliphatic heterocycles. The summed E-state index contributed by atoms with van der Waals surface area (Å²) < 4.78 is 10.8. The van der Waals surface area contributed by atoms with Crippen molar-refractivity contribution in [3.8, 4) is 5.75 Å². The van der Waals surface area contributed by atoms with Crippen LogP contribution in [-0.2, 0) is 20.9 Å². The Kier molecular flexibility index (Phi) is 7.08. The van der Waals surface area contributed by atoms with Crippen LogP contribution in [0.4, 0.5) is 0 Å². The number of ether oxygens (including phenoxy) is 2. The van der Waals surface area contributed by atoms with Gasteiger partial charge in [-0.3, -0.25) is 4.79 Å². The van der Waals surface area contributed by atoms with E-state index in [2.05, 4.69) is 21.2 Å². The average molecular weight is 413 g/mol. The molecule has 5 nitrogen and oxygen atoms in total. The van der Waals surface area contributed by atoms with Gasteiger partial charge in [0, 0.05) is 11.6 Å². The first kappa shape index (κ1) is 18.3. The zero-order valence-corrected chi connectivity index (χ0v) is 15.0. The fourth-order valence-electron chi connectivity index (χ4n) is 1.76. The number of esters is 1. The van der Waals surface area contributed by atoms with E-state index in [4.69, 9.17) is 21.1 Å². The molecular weight excluding hydrogens is 398 g/mol. The number of rotatable bonds is 7. The maximum Gasteiger partial charge on any atom is 0.344 e. The largest absolute Gasteiger partial charge is 0.481 e. The van der Waals surface area contributed by atoms with Gasteiger partial charge in [-0.05, 0) is 39.7 Å². The van der Waals surface area contributed by atoms with Crippen molar-refractivity contribution in [1.29, 1.82) is 0 Å². The maximum atomic E-state index is 11.6. The molecule has 0 fully saturated rings. The Morgan fingerprint density at radius 1 is 1.08 bits per heavy atom. The molecule has 7 heteroatoms. The zero-order valence-electron chi connectivity index (χ0n) is 12.6. The highest BCUT2D eigenvalue weighted by molar-refractivity contribution is 9.10. The lowest BCUT2D eigenvalue weighted by molar-refractivity contribution is -0.150. The van der Waals surface area contributed by atoms with Crippen LogP contribution in [-0.4, -0.2) is 25.1 Å². The minimum absolute atomic E-state index is 0.299. The Labute approximate surface area is 153 Å². The molecule has 0 radical (unpaired) electrons. The van der Waals surface area contributed by atoms with E-state index in [0.29, 0.717) is 21.8 Å². The van der Waals surface area contributed by atoms with Crippen LogP contribution in [0.3, 0.4) is 0 Å². The summed E-state index contributed by atoms with van der Waals surface area (Å²) in [6.45, 7) is -0.269. The van der Waals surface area contributed by atoms with Gasteiger partial charge in [0.1, 0.15) is 5.75 Å². The number of hydrogen-bond donors (Lipinski definition) is 1. The first-order valence-electron chi connectivity index (χ1n) is 7.08. The Hall–Kier alpha value is -2.05. The third kappa shape index (κ3) is 6.22. The molecule has 0 saturated carbocycles. The van der Waals surface area contributed by atoms with Gasteiger partial charge in [-0.1, -0.05) is 41.9 Å². The molecule has 0 unspecified atom stereocenters. The molecule has 0 bridgehead atoms. The third-order valence-electron chi connectivity index (χ3n) is 2.94. The summed E-state index contributed by atoms with van der Waals surface area (Å²) in [5.74, 6) is -0.545. The van der Waals surface area contributed by atoms with Gasteiger partial charge in [-0.2, -0.15) is 0 Å². The van der Waals surface area contributed by atoms with Crippen LogP contribution < -0.4 is 10.1 Å². The van der Waals surface area contributed by atoms with E-state index in [-0.39, 0.29) is 19.1 Å². The lowest BCUT2D eigenvalue weighted by Crippen LogP contribution is -2.29. The van der Waals surface area contributed by atoms with E-state index in [1.807, 2.05) is 30.3 Å². The van der Waals surface area contributed by atoms with E-state index in [9.17, 15) is 9.59 Å². The molecule has 0 spiro atoms. The van der Waals surface area contributed by atoms with Gasteiger partial charge in [-0.15, -0.1) is 0 Å². The topological polar surface area (TPSA) is 64.6 Å². The summed E-state index contributed by atoms with van der Waals surface area (Å²) in [5, 5.41) is 3.21. The number of hydrogen-bond acceptors (Lipinski definition) is 4. The number of halogens is 2. The number of amides is 1. The standard InChI is InChI=1S/C17H15BrClNO4/c18-14-8-13(19)6-7-15(14)23-11-17(22)24-10-16(21)20-9-12-4-2-1-3-5-12/h1-8H,9-11H2,(H,20,21). The minimum Gasteiger partial charge on any atom is -0.481 e. The fourth-order valence-corrected chi connectivity index (χ4v) is 2.56. The van der Waals surface area contributed by atoms with Gasteiger partial charge >= 0.3 is 5.97 Å². The van der Waals surface area contributed by atoms with Gasteiger partial charge in [0.2, 0.25) is 0 Å². The lowest BCUT2D eigenvalue weighted by atomic mass is 10.2. The molecule has 2 rings (SSSR count). The van der Waals surface area contributed by atoms with Crippen molar-refractivity contribution in [2.45, 2.75) is 6.54 Å². The van der Waals surface area contributed by atoms with Gasteiger partial charge in [0.05, 0.1) is 4.47 Å². The molecule has 126 valence electrons. The van der Waals surface area contributed by atoms with Crippen molar-refractivity contribution in [3.05, 3.63) is 63.6 Å². The molecular formula is C17H15BrClNO4. The van der Waals surface area contributed by atoms with Gasteiger partial charge in [-0.25, -0.2) is 4.79 Å². The Bertz CT molecular complexity index is 709. The summed E-state index contributed by atoms with van der Waals surface area (Å²) in [4.78, 5) is 23.2. The van der Waals surface area contributed by atoms with Crippen LogP contribution >= 0.6 is 27.5 Å². The van der Waals surface area contributed by atoms with E-state index in [1.165, 1.54) is 0 Å². The molecule has 0 heterocycles. The highest BCUT2D eigenvalue weighted by Gasteiger charge is 2.10. The fraction of sp³-hybridized carbons (Fsp3) is 0.176. The Morgan fingerprint density at radius 2 is 1.83 bits per heavy atom. The van der Waals surface area contributed by atoms with Crippen LogP contribution in [0.1, 0.15) is 5.56 Å². The maximum absolute atomic E-state index is 11.6. The highest BCUT2D eigenvalue weighted by atomic mass is 79.9. The Balaban J connectivity index is 1.68. The van der Waals surface area contributed by atoms with E-state index >= 15 is 0 Å². The van der Waals surface area contributed by atoms with Gasteiger partial charge in [0.25, 0.3) is 5.91 Å². The van der Waals surface area contributed by atoms with Crippen LogP contribution in [0.15, 0.2) is 53.0 Å². The molecule has 24 heavy (non-hydrogen) atoms. The van der Waals surface area contributed by atoms with Crippen molar-refractivity contribution in [2.75, 3.05) is 13.2 Å². The van der Waals surface area contributed by atoms with E-state index in [0.717, 1.165) is 5.56 Å². The summed E-state index contributed by atoms with van der Waals surface area (Å²) in [6, 6.07) is 14.4. The van der Waals surface area contributed by atoms with Crippen molar-refractivity contribution in [1.82, 2.24) is 5.32 Å².